The van der Waals surface area contributed by atoms with Crippen molar-refractivity contribution in [3.05, 3.63) is 130 Å². The van der Waals surface area contributed by atoms with Crippen LogP contribution in [0.2, 0.25) is 0 Å². The lowest BCUT2D eigenvalue weighted by atomic mass is 9.83. The molecule has 5 aromatic rings. The molecule has 0 saturated heterocycles. The molecule has 2 heterocycles. The van der Waals surface area contributed by atoms with E-state index in [1.807, 2.05) is 31.2 Å². The maximum Gasteiger partial charge on any atom is 0.379 e. The topological polar surface area (TPSA) is 117 Å². The third-order valence-electron chi connectivity index (χ3n) is 7.82. The van der Waals surface area contributed by atoms with Crippen molar-refractivity contribution in [2.75, 3.05) is 7.11 Å². The lowest BCUT2D eigenvalue weighted by Gasteiger charge is -2.27. The highest BCUT2D eigenvalue weighted by Gasteiger charge is 2.32. The molecule has 0 aliphatic carbocycles. The maximum absolute atomic E-state index is 13.3. The Morgan fingerprint density at radius 3 is 2.51 bits per heavy atom. The average molecular weight is 605 g/mol. The number of methoxy groups -OCH3 is 1. The third kappa shape index (κ3) is 5.66. The summed E-state index contributed by atoms with van der Waals surface area (Å²) in [5.74, 6) is -0.0177. The Bertz CT molecular complexity index is 2010. The van der Waals surface area contributed by atoms with E-state index in [4.69, 9.17) is 29.1 Å². The second-order valence-corrected chi connectivity index (χ2v) is 10.6. The van der Waals surface area contributed by atoms with Gasteiger partial charge in [0.25, 0.3) is 0 Å². The first-order chi connectivity index (χ1) is 21.8. The number of halogens is 1. The number of allylic oxidation sites excluding steroid dienone is 1. The van der Waals surface area contributed by atoms with Gasteiger partial charge in [0.15, 0.2) is 11.5 Å². The number of nitrogens with two attached hydrogens (primary N) is 1. The molecule has 9 heteroatoms. The maximum atomic E-state index is 13.3. The molecule has 1 aliphatic heterocycles. The SMILES string of the molecule is CCc1ccc2oc(C(=O)Oc3ccc4c(c3)OC(N)=C(C#N)C4c3ccc(OCc4ccc(F)cc4)c(OC)c3)c(C)c2c1. The van der Waals surface area contributed by atoms with Gasteiger partial charge in [-0.2, -0.15) is 5.26 Å². The standard InChI is InChI=1S/C36H29FN2O6/c1-4-21-7-13-29-27(15-21)20(2)34(44-29)36(40)43-25-11-12-26-31(17-25)45-35(39)28(18-38)33(26)23-8-14-30(32(16-23)41-3)42-19-22-5-9-24(37)10-6-22/h5-17,33H,4,19,39H2,1-3H3. The number of aryl methyl sites for hydroxylation is 2. The minimum Gasteiger partial charge on any atom is -0.493 e. The molecular formula is C36H29FN2O6. The van der Waals surface area contributed by atoms with Gasteiger partial charge in [-0.05, 0) is 72.5 Å². The minimum atomic E-state index is -0.642. The van der Waals surface area contributed by atoms with Crippen LogP contribution in [0, 0.1) is 24.1 Å². The molecule has 6 rings (SSSR count). The number of benzene rings is 4. The molecule has 0 saturated carbocycles. The van der Waals surface area contributed by atoms with Gasteiger partial charge in [0.2, 0.25) is 11.6 Å². The van der Waals surface area contributed by atoms with Gasteiger partial charge in [0.1, 0.15) is 41.1 Å². The number of rotatable bonds is 8. The zero-order valence-electron chi connectivity index (χ0n) is 24.8. The number of esters is 1. The zero-order valence-corrected chi connectivity index (χ0v) is 24.8. The highest BCUT2D eigenvalue weighted by Crippen LogP contribution is 2.45. The number of hydrogen-bond acceptors (Lipinski definition) is 8. The van der Waals surface area contributed by atoms with Crippen LogP contribution in [0.4, 0.5) is 4.39 Å². The molecule has 8 nitrogen and oxygen atoms in total. The predicted molar refractivity (Wildman–Crippen MR) is 165 cm³/mol. The summed E-state index contributed by atoms with van der Waals surface area (Å²) in [6, 6.07) is 24.3. The molecule has 4 aromatic carbocycles. The van der Waals surface area contributed by atoms with Crippen molar-refractivity contribution < 1.29 is 32.5 Å². The first-order valence-corrected chi connectivity index (χ1v) is 14.3. The first-order valence-electron chi connectivity index (χ1n) is 14.3. The molecule has 0 spiro atoms. The van der Waals surface area contributed by atoms with E-state index in [1.165, 1.54) is 19.2 Å². The third-order valence-corrected chi connectivity index (χ3v) is 7.82. The van der Waals surface area contributed by atoms with E-state index in [0.29, 0.717) is 39.5 Å². The molecular weight excluding hydrogens is 575 g/mol. The van der Waals surface area contributed by atoms with Crippen molar-refractivity contribution in [2.24, 2.45) is 5.73 Å². The fourth-order valence-corrected chi connectivity index (χ4v) is 5.40. The molecule has 0 amide bonds. The summed E-state index contributed by atoms with van der Waals surface area (Å²) < 4.78 is 42.2. The number of fused-ring (bicyclic) bond motifs is 2. The molecule has 0 bridgehead atoms. The van der Waals surface area contributed by atoms with Gasteiger partial charge in [-0.1, -0.05) is 37.3 Å². The van der Waals surface area contributed by atoms with Crippen molar-refractivity contribution in [1.29, 1.82) is 5.26 Å². The molecule has 2 N–H and O–H groups in total. The van der Waals surface area contributed by atoms with Gasteiger partial charge in [0.05, 0.1) is 13.0 Å². The van der Waals surface area contributed by atoms with E-state index in [9.17, 15) is 14.4 Å². The van der Waals surface area contributed by atoms with E-state index in [-0.39, 0.29) is 35.4 Å². The van der Waals surface area contributed by atoms with Crippen molar-refractivity contribution in [3.8, 4) is 29.1 Å². The monoisotopic (exact) mass is 604 g/mol. The largest absolute Gasteiger partial charge is 0.493 e. The molecule has 226 valence electrons. The van der Waals surface area contributed by atoms with Gasteiger partial charge in [-0.3, -0.25) is 0 Å². The Hall–Kier alpha value is -5.75. The van der Waals surface area contributed by atoms with Crippen LogP contribution in [-0.4, -0.2) is 13.1 Å². The fraction of sp³-hybridized carbons (Fsp3) is 0.167. The summed E-state index contributed by atoms with van der Waals surface area (Å²) in [5.41, 5.74) is 11.0. The van der Waals surface area contributed by atoms with Crippen molar-refractivity contribution in [2.45, 2.75) is 32.8 Å². The van der Waals surface area contributed by atoms with Gasteiger partial charge < -0.3 is 29.1 Å². The highest BCUT2D eigenvalue weighted by molar-refractivity contribution is 5.97. The molecule has 0 radical (unpaired) electrons. The van der Waals surface area contributed by atoms with Crippen molar-refractivity contribution in [1.82, 2.24) is 0 Å². The van der Waals surface area contributed by atoms with Crippen LogP contribution in [0.1, 0.15) is 51.2 Å². The molecule has 1 atom stereocenters. The van der Waals surface area contributed by atoms with Gasteiger partial charge in [-0.15, -0.1) is 0 Å². The summed E-state index contributed by atoms with van der Waals surface area (Å²) in [4.78, 5) is 13.2. The van der Waals surface area contributed by atoms with Crippen LogP contribution in [0.5, 0.6) is 23.0 Å². The summed E-state index contributed by atoms with van der Waals surface area (Å²) in [7, 11) is 1.52. The lowest BCUT2D eigenvalue weighted by molar-refractivity contribution is 0.0702. The van der Waals surface area contributed by atoms with E-state index < -0.39 is 11.9 Å². The number of hydrogen-bond donors (Lipinski definition) is 1. The first kappa shape index (κ1) is 29.3. The van der Waals surface area contributed by atoms with Crippen LogP contribution in [0.3, 0.4) is 0 Å². The van der Waals surface area contributed by atoms with Crippen molar-refractivity contribution in [3.63, 3.8) is 0 Å². The number of nitrogens with zero attached hydrogens (tertiary/aromatic N) is 1. The number of carbonyl (C=O) groups excluding carboxylic acids is 1. The Morgan fingerprint density at radius 1 is 1.00 bits per heavy atom. The smallest absolute Gasteiger partial charge is 0.379 e. The number of carbonyl (C=O) groups is 1. The Labute approximate surface area is 259 Å². The fourth-order valence-electron chi connectivity index (χ4n) is 5.40. The van der Waals surface area contributed by atoms with Crippen LogP contribution in [0.15, 0.2) is 94.7 Å². The molecule has 45 heavy (non-hydrogen) atoms. The van der Waals surface area contributed by atoms with E-state index >= 15 is 0 Å². The summed E-state index contributed by atoms with van der Waals surface area (Å²) in [6.45, 7) is 4.10. The van der Waals surface area contributed by atoms with E-state index in [0.717, 1.165) is 22.9 Å². The van der Waals surface area contributed by atoms with Crippen LogP contribution >= 0.6 is 0 Å². The normalized spacial score (nSPS) is 14.0. The quantitative estimate of drug-likeness (QED) is 0.143. The van der Waals surface area contributed by atoms with Gasteiger partial charge in [0, 0.05) is 22.6 Å². The molecule has 1 unspecified atom stereocenters. The summed E-state index contributed by atoms with van der Waals surface area (Å²) in [5, 5.41) is 10.9. The molecule has 0 fully saturated rings. The Kier molecular flexibility index (Phi) is 7.88. The van der Waals surface area contributed by atoms with E-state index in [1.54, 1.807) is 42.5 Å². The second-order valence-electron chi connectivity index (χ2n) is 10.6. The van der Waals surface area contributed by atoms with Crippen LogP contribution in [-0.2, 0) is 13.0 Å². The highest BCUT2D eigenvalue weighted by atomic mass is 19.1. The molecule has 1 aromatic heterocycles. The zero-order chi connectivity index (χ0) is 31.7. The van der Waals surface area contributed by atoms with E-state index in [2.05, 4.69) is 13.0 Å². The number of ether oxygens (including phenoxy) is 4. The Morgan fingerprint density at radius 2 is 1.78 bits per heavy atom. The molecule has 1 aliphatic rings. The number of furan rings is 1. The number of nitriles is 1. The average Bonchev–Trinajstić information content (AvgIpc) is 3.39. The van der Waals surface area contributed by atoms with Gasteiger partial charge >= 0.3 is 5.97 Å². The summed E-state index contributed by atoms with van der Waals surface area (Å²) in [6.07, 6.45) is 0.865. The minimum absolute atomic E-state index is 0.0612. The van der Waals surface area contributed by atoms with Crippen molar-refractivity contribution >= 4 is 16.9 Å². The Balaban J connectivity index is 1.27. The predicted octanol–water partition coefficient (Wildman–Crippen LogP) is 7.47. The summed E-state index contributed by atoms with van der Waals surface area (Å²) >= 11 is 0. The lowest BCUT2D eigenvalue weighted by Crippen LogP contribution is -2.21. The van der Waals surface area contributed by atoms with Crippen LogP contribution < -0.4 is 24.7 Å². The van der Waals surface area contributed by atoms with Crippen LogP contribution in [0.25, 0.3) is 11.0 Å². The second kappa shape index (κ2) is 12.1. The van der Waals surface area contributed by atoms with Gasteiger partial charge in [-0.25, -0.2) is 9.18 Å².